The van der Waals surface area contributed by atoms with Gasteiger partial charge in [0, 0.05) is 25.2 Å². The van der Waals surface area contributed by atoms with E-state index in [-0.39, 0.29) is 17.9 Å². The molecule has 1 heterocycles. The highest BCUT2D eigenvalue weighted by atomic mass is 16.2. The lowest BCUT2D eigenvalue weighted by molar-refractivity contribution is -0.121. The minimum atomic E-state index is 0.0551. The molecule has 1 aliphatic rings. The van der Waals surface area contributed by atoms with E-state index in [1.807, 2.05) is 19.1 Å². The van der Waals surface area contributed by atoms with E-state index >= 15 is 0 Å². The van der Waals surface area contributed by atoms with E-state index in [0.717, 1.165) is 29.7 Å². The molecule has 4 nitrogen and oxygen atoms in total. The Balaban J connectivity index is 2.08. The highest BCUT2D eigenvalue weighted by Crippen LogP contribution is 2.27. The number of anilines is 1. The lowest BCUT2D eigenvalue weighted by Gasteiger charge is -2.26. The number of nitrogens with one attached hydrogen (secondary N) is 1. The lowest BCUT2D eigenvalue weighted by atomic mass is 9.98. The summed E-state index contributed by atoms with van der Waals surface area (Å²) in [6.45, 7) is 4.06. The molecule has 0 fully saturated rings. The van der Waals surface area contributed by atoms with Gasteiger partial charge in [-0.25, -0.2) is 0 Å². The molecule has 20 heavy (non-hydrogen) atoms. The third-order valence-corrected chi connectivity index (χ3v) is 3.87. The van der Waals surface area contributed by atoms with Crippen LogP contribution in [0.5, 0.6) is 0 Å². The van der Waals surface area contributed by atoms with Crippen molar-refractivity contribution in [1.82, 2.24) is 5.32 Å². The second-order valence-corrected chi connectivity index (χ2v) is 5.47. The summed E-state index contributed by atoms with van der Waals surface area (Å²) in [6, 6.07) is 6.14. The van der Waals surface area contributed by atoms with Crippen LogP contribution in [-0.2, 0) is 22.4 Å². The summed E-state index contributed by atoms with van der Waals surface area (Å²) in [4.78, 5) is 25.2. The fourth-order valence-corrected chi connectivity index (χ4v) is 2.43. The number of nitrogens with zero attached hydrogens (tertiary/aromatic N) is 1. The average Bonchev–Trinajstić information content (AvgIpc) is 2.42. The predicted molar refractivity (Wildman–Crippen MR) is 79.8 cm³/mol. The molecule has 1 aliphatic heterocycles. The molecular weight excluding hydrogens is 252 g/mol. The first-order valence-electron chi connectivity index (χ1n) is 7.19. The van der Waals surface area contributed by atoms with Crippen molar-refractivity contribution in [3.05, 3.63) is 29.3 Å². The van der Waals surface area contributed by atoms with Crippen molar-refractivity contribution < 1.29 is 9.59 Å². The number of rotatable bonds is 4. The van der Waals surface area contributed by atoms with E-state index in [4.69, 9.17) is 0 Å². The van der Waals surface area contributed by atoms with Gasteiger partial charge >= 0.3 is 0 Å². The van der Waals surface area contributed by atoms with E-state index in [0.29, 0.717) is 12.8 Å². The number of hydrogen-bond donors (Lipinski definition) is 1. The van der Waals surface area contributed by atoms with Crippen molar-refractivity contribution in [2.45, 2.75) is 45.6 Å². The van der Waals surface area contributed by atoms with Crippen LogP contribution >= 0.6 is 0 Å². The Bertz CT molecular complexity index is 525. The van der Waals surface area contributed by atoms with E-state index < -0.39 is 0 Å². The number of amides is 2. The van der Waals surface area contributed by atoms with Gasteiger partial charge in [0.25, 0.3) is 0 Å². The minimum absolute atomic E-state index is 0.0551. The maximum absolute atomic E-state index is 11.9. The van der Waals surface area contributed by atoms with E-state index in [9.17, 15) is 9.59 Å². The largest absolute Gasteiger partial charge is 0.353 e. The normalized spacial score (nSPS) is 15.8. The molecule has 0 aliphatic carbocycles. The van der Waals surface area contributed by atoms with Gasteiger partial charge in [-0.2, -0.15) is 0 Å². The summed E-state index contributed by atoms with van der Waals surface area (Å²) in [5.74, 6) is 0.208. The molecular formula is C16H22N2O2. The number of carbonyl (C=O) groups is 2. The molecule has 0 saturated heterocycles. The van der Waals surface area contributed by atoms with Crippen molar-refractivity contribution >= 4 is 17.5 Å². The van der Waals surface area contributed by atoms with Crippen molar-refractivity contribution in [2.24, 2.45) is 0 Å². The number of fused-ring (bicyclic) bond motifs is 1. The molecule has 0 spiro atoms. The second kappa shape index (κ2) is 6.07. The summed E-state index contributed by atoms with van der Waals surface area (Å²) in [5, 5.41) is 2.97. The van der Waals surface area contributed by atoms with Gasteiger partial charge in [0.1, 0.15) is 0 Å². The molecule has 108 valence electrons. The Morgan fingerprint density at radius 2 is 2.15 bits per heavy atom. The van der Waals surface area contributed by atoms with E-state index in [1.165, 1.54) is 0 Å². The molecule has 4 heteroatoms. The van der Waals surface area contributed by atoms with Crippen LogP contribution in [-0.4, -0.2) is 24.9 Å². The Hall–Kier alpha value is -1.84. The monoisotopic (exact) mass is 274 g/mol. The van der Waals surface area contributed by atoms with Gasteiger partial charge in [0.2, 0.25) is 11.8 Å². The van der Waals surface area contributed by atoms with Crippen LogP contribution in [0.3, 0.4) is 0 Å². The zero-order valence-corrected chi connectivity index (χ0v) is 12.4. The number of carbonyl (C=O) groups excluding carboxylic acids is 2. The Morgan fingerprint density at radius 1 is 1.40 bits per heavy atom. The van der Waals surface area contributed by atoms with E-state index in [1.54, 1.807) is 11.9 Å². The summed E-state index contributed by atoms with van der Waals surface area (Å²) in [5.41, 5.74) is 3.13. The first kappa shape index (κ1) is 14.6. The summed E-state index contributed by atoms with van der Waals surface area (Å²) < 4.78 is 0. The molecule has 0 aromatic heterocycles. The zero-order chi connectivity index (χ0) is 14.7. The highest BCUT2D eigenvalue weighted by molar-refractivity contribution is 5.96. The molecule has 2 rings (SSSR count). The number of aryl methyl sites for hydroxylation is 1. The van der Waals surface area contributed by atoms with Crippen LogP contribution in [0.1, 0.15) is 37.8 Å². The summed E-state index contributed by atoms with van der Waals surface area (Å²) in [6.07, 6.45) is 2.64. The molecule has 1 atom stereocenters. The van der Waals surface area contributed by atoms with E-state index in [2.05, 4.69) is 18.3 Å². The molecule has 0 bridgehead atoms. The van der Waals surface area contributed by atoms with Crippen LogP contribution < -0.4 is 10.2 Å². The van der Waals surface area contributed by atoms with Gasteiger partial charge in [0.05, 0.1) is 6.42 Å². The van der Waals surface area contributed by atoms with Crippen LogP contribution in [0.25, 0.3) is 0 Å². The maximum atomic E-state index is 11.9. The topological polar surface area (TPSA) is 49.4 Å². The van der Waals surface area contributed by atoms with Crippen LogP contribution in [0, 0.1) is 0 Å². The zero-order valence-electron chi connectivity index (χ0n) is 12.4. The molecule has 2 amide bonds. The Labute approximate surface area is 120 Å². The molecule has 0 radical (unpaired) electrons. The number of hydrogen-bond acceptors (Lipinski definition) is 2. The third kappa shape index (κ3) is 3.18. The van der Waals surface area contributed by atoms with Gasteiger partial charge < -0.3 is 10.2 Å². The predicted octanol–water partition coefficient (Wildman–Crippen LogP) is 2.05. The lowest BCUT2D eigenvalue weighted by Crippen LogP contribution is -2.33. The third-order valence-electron chi connectivity index (χ3n) is 3.87. The second-order valence-electron chi connectivity index (χ2n) is 5.47. The van der Waals surface area contributed by atoms with Crippen LogP contribution in [0.2, 0.25) is 0 Å². The van der Waals surface area contributed by atoms with Gasteiger partial charge in [-0.05, 0) is 37.0 Å². The SMILES string of the molecule is CCC(C)NC(=O)Cc1ccc2c(c1)CCC(=O)N2C. The fourth-order valence-electron chi connectivity index (χ4n) is 2.43. The van der Waals surface area contributed by atoms with Gasteiger partial charge in [-0.1, -0.05) is 19.1 Å². The van der Waals surface area contributed by atoms with Gasteiger partial charge in [-0.15, -0.1) is 0 Å². The fraction of sp³-hybridized carbons (Fsp3) is 0.500. The average molecular weight is 274 g/mol. The first-order chi connectivity index (χ1) is 9.51. The maximum Gasteiger partial charge on any atom is 0.227 e. The standard InChI is InChI=1S/C16H22N2O2/c1-4-11(2)17-15(19)10-12-5-7-14-13(9-12)6-8-16(20)18(14)3/h5,7,9,11H,4,6,8,10H2,1-3H3,(H,17,19). The van der Waals surface area contributed by atoms with Crippen molar-refractivity contribution in [3.8, 4) is 0 Å². The molecule has 1 aromatic rings. The van der Waals surface area contributed by atoms with Gasteiger partial charge in [-0.3, -0.25) is 9.59 Å². The number of benzene rings is 1. The summed E-state index contributed by atoms with van der Waals surface area (Å²) in [7, 11) is 1.80. The molecule has 1 N–H and O–H groups in total. The highest BCUT2D eigenvalue weighted by Gasteiger charge is 2.21. The Kier molecular flexibility index (Phi) is 4.42. The molecule has 1 aromatic carbocycles. The Morgan fingerprint density at radius 3 is 2.85 bits per heavy atom. The first-order valence-corrected chi connectivity index (χ1v) is 7.19. The smallest absolute Gasteiger partial charge is 0.227 e. The quantitative estimate of drug-likeness (QED) is 0.913. The van der Waals surface area contributed by atoms with Gasteiger partial charge in [0.15, 0.2) is 0 Å². The van der Waals surface area contributed by atoms with Crippen LogP contribution in [0.15, 0.2) is 18.2 Å². The summed E-state index contributed by atoms with van der Waals surface area (Å²) >= 11 is 0. The molecule has 1 unspecified atom stereocenters. The van der Waals surface area contributed by atoms with Crippen LogP contribution in [0.4, 0.5) is 5.69 Å². The van der Waals surface area contributed by atoms with Crippen molar-refractivity contribution in [1.29, 1.82) is 0 Å². The minimum Gasteiger partial charge on any atom is -0.353 e. The molecule has 0 saturated carbocycles. The van der Waals surface area contributed by atoms with Crippen molar-refractivity contribution in [3.63, 3.8) is 0 Å². The van der Waals surface area contributed by atoms with Crippen molar-refractivity contribution in [2.75, 3.05) is 11.9 Å².